The highest BCUT2D eigenvalue weighted by atomic mass is 16.2. The summed E-state index contributed by atoms with van der Waals surface area (Å²) in [5.41, 5.74) is 4.65. The van der Waals surface area contributed by atoms with Gasteiger partial charge in [-0.3, -0.25) is 9.59 Å². The van der Waals surface area contributed by atoms with Gasteiger partial charge < -0.3 is 10.2 Å². The number of carbonyl (C=O) groups excluding carboxylic acids is 2. The lowest BCUT2D eigenvalue weighted by atomic mass is 10.1. The lowest BCUT2D eigenvalue weighted by Crippen LogP contribution is -2.29. The Labute approximate surface area is 212 Å². The second kappa shape index (κ2) is 12.3. The van der Waals surface area contributed by atoms with Crippen molar-refractivity contribution < 1.29 is 9.59 Å². The third-order valence-corrected chi connectivity index (χ3v) is 5.93. The summed E-state index contributed by atoms with van der Waals surface area (Å²) in [4.78, 5) is 27.8. The molecule has 0 bridgehead atoms. The highest BCUT2D eigenvalue weighted by Gasteiger charge is 2.16. The van der Waals surface area contributed by atoms with Gasteiger partial charge in [0.15, 0.2) is 0 Å². The Morgan fingerprint density at radius 3 is 2.08 bits per heavy atom. The first-order valence-corrected chi connectivity index (χ1v) is 12.1. The van der Waals surface area contributed by atoms with Crippen molar-refractivity contribution in [2.75, 3.05) is 4.90 Å². The predicted molar refractivity (Wildman–Crippen MR) is 146 cm³/mol. The summed E-state index contributed by atoms with van der Waals surface area (Å²) in [6.45, 7) is 2.41. The molecular weight excluding hydrogens is 444 g/mol. The number of benzene rings is 4. The Hall–Kier alpha value is -4.44. The van der Waals surface area contributed by atoms with Gasteiger partial charge >= 0.3 is 0 Å². The molecule has 1 N–H and O–H groups in total. The molecule has 0 aliphatic heterocycles. The molecule has 0 saturated carbocycles. The number of amides is 2. The van der Waals surface area contributed by atoms with E-state index in [1.165, 1.54) is 0 Å². The van der Waals surface area contributed by atoms with Crippen LogP contribution in [0, 0.1) is 0 Å². The molecule has 4 nitrogen and oxygen atoms in total. The first-order valence-electron chi connectivity index (χ1n) is 12.1. The summed E-state index contributed by atoms with van der Waals surface area (Å²) < 4.78 is 0. The SMILES string of the molecule is CC(NC(=O)Cc1cccc(N(Cc2ccccc2)C(=O)/C=C/c2ccccc2)c1)c1ccccc1. The zero-order valence-corrected chi connectivity index (χ0v) is 20.4. The maximum Gasteiger partial charge on any atom is 0.251 e. The maximum absolute atomic E-state index is 13.3. The Kier molecular flexibility index (Phi) is 8.44. The average Bonchev–Trinajstić information content (AvgIpc) is 2.92. The van der Waals surface area contributed by atoms with E-state index in [4.69, 9.17) is 0 Å². The molecule has 4 rings (SSSR count). The van der Waals surface area contributed by atoms with Crippen LogP contribution in [-0.4, -0.2) is 11.8 Å². The number of hydrogen-bond donors (Lipinski definition) is 1. The fraction of sp³-hybridized carbons (Fsp3) is 0.125. The molecule has 0 aliphatic carbocycles. The van der Waals surface area contributed by atoms with E-state index in [0.29, 0.717) is 6.54 Å². The van der Waals surface area contributed by atoms with Crippen LogP contribution in [0.25, 0.3) is 6.08 Å². The lowest BCUT2D eigenvalue weighted by molar-refractivity contribution is -0.121. The van der Waals surface area contributed by atoms with Crippen LogP contribution in [0.2, 0.25) is 0 Å². The van der Waals surface area contributed by atoms with E-state index in [2.05, 4.69) is 5.32 Å². The van der Waals surface area contributed by atoms with E-state index in [9.17, 15) is 9.59 Å². The van der Waals surface area contributed by atoms with Crippen molar-refractivity contribution >= 4 is 23.6 Å². The number of hydrogen-bond acceptors (Lipinski definition) is 2. The summed E-state index contributed by atoms with van der Waals surface area (Å²) in [5, 5.41) is 3.06. The van der Waals surface area contributed by atoms with Crippen LogP contribution >= 0.6 is 0 Å². The van der Waals surface area contributed by atoms with Crippen LogP contribution in [0.5, 0.6) is 0 Å². The second-order valence-corrected chi connectivity index (χ2v) is 8.70. The minimum atomic E-state index is -0.123. The molecule has 180 valence electrons. The molecule has 1 atom stereocenters. The van der Waals surface area contributed by atoms with Gasteiger partial charge in [-0.1, -0.05) is 103 Å². The van der Waals surface area contributed by atoms with Crippen LogP contribution in [0.1, 0.15) is 35.2 Å². The van der Waals surface area contributed by atoms with Gasteiger partial charge in [-0.25, -0.2) is 0 Å². The van der Waals surface area contributed by atoms with Crippen molar-refractivity contribution in [2.45, 2.75) is 25.9 Å². The third-order valence-electron chi connectivity index (χ3n) is 5.93. The van der Waals surface area contributed by atoms with Gasteiger partial charge in [0.1, 0.15) is 0 Å². The van der Waals surface area contributed by atoms with E-state index in [1.807, 2.05) is 128 Å². The van der Waals surface area contributed by atoms with Crippen molar-refractivity contribution in [2.24, 2.45) is 0 Å². The van der Waals surface area contributed by atoms with Gasteiger partial charge in [-0.05, 0) is 47.4 Å². The summed E-state index contributed by atoms with van der Waals surface area (Å²) in [5.74, 6) is -0.185. The zero-order chi connectivity index (χ0) is 25.2. The number of nitrogens with zero attached hydrogens (tertiary/aromatic N) is 1. The van der Waals surface area contributed by atoms with E-state index >= 15 is 0 Å². The second-order valence-electron chi connectivity index (χ2n) is 8.70. The summed E-state index contributed by atoms with van der Waals surface area (Å²) in [7, 11) is 0. The molecule has 1 unspecified atom stereocenters. The van der Waals surface area contributed by atoms with Crippen LogP contribution < -0.4 is 10.2 Å². The first kappa shape index (κ1) is 24.7. The molecule has 4 aromatic rings. The van der Waals surface area contributed by atoms with Gasteiger partial charge in [-0.15, -0.1) is 0 Å². The van der Waals surface area contributed by atoms with E-state index in [-0.39, 0.29) is 24.3 Å². The lowest BCUT2D eigenvalue weighted by Gasteiger charge is -2.22. The maximum atomic E-state index is 13.3. The Morgan fingerprint density at radius 1 is 0.778 bits per heavy atom. The van der Waals surface area contributed by atoms with Crippen molar-refractivity contribution in [3.8, 4) is 0 Å². The molecule has 0 fully saturated rings. The van der Waals surface area contributed by atoms with Crippen molar-refractivity contribution in [1.29, 1.82) is 0 Å². The molecule has 0 saturated heterocycles. The first-order chi connectivity index (χ1) is 17.6. The number of rotatable bonds is 9. The van der Waals surface area contributed by atoms with Crippen LogP contribution in [0.15, 0.2) is 121 Å². The average molecular weight is 475 g/mol. The fourth-order valence-corrected chi connectivity index (χ4v) is 4.02. The molecule has 0 radical (unpaired) electrons. The largest absolute Gasteiger partial charge is 0.349 e. The summed E-state index contributed by atoms with van der Waals surface area (Å²) in [6, 6.07) is 37.1. The summed E-state index contributed by atoms with van der Waals surface area (Å²) in [6.07, 6.45) is 3.65. The Balaban J connectivity index is 1.51. The fourth-order valence-electron chi connectivity index (χ4n) is 4.02. The molecule has 4 aromatic carbocycles. The Morgan fingerprint density at radius 2 is 1.39 bits per heavy atom. The van der Waals surface area contributed by atoms with Crippen LogP contribution in [-0.2, 0) is 22.6 Å². The number of carbonyl (C=O) groups is 2. The van der Waals surface area contributed by atoms with E-state index < -0.39 is 0 Å². The third kappa shape index (κ3) is 7.03. The Bertz CT molecular complexity index is 1300. The molecule has 0 spiro atoms. The topological polar surface area (TPSA) is 49.4 Å². The minimum absolute atomic E-state index is 0.0617. The van der Waals surface area contributed by atoms with Gasteiger partial charge in [0.05, 0.1) is 19.0 Å². The van der Waals surface area contributed by atoms with E-state index in [1.54, 1.807) is 11.0 Å². The van der Waals surface area contributed by atoms with Crippen LogP contribution in [0.3, 0.4) is 0 Å². The molecule has 0 aromatic heterocycles. The molecular formula is C32H30N2O2. The highest BCUT2D eigenvalue weighted by molar-refractivity contribution is 6.03. The van der Waals surface area contributed by atoms with Gasteiger partial charge in [0, 0.05) is 11.8 Å². The molecule has 4 heteroatoms. The summed E-state index contributed by atoms with van der Waals surface area (Å²) >= 11 is 0. The van der Waals surface area contributed by atoms with Gasteiger partial charge in [-0.2, -0.15) is 0 Å². The number of nitrogens with one attached hydrogen (secondary N) is 1. The monoisotopic (exact) mass is 474 g/mol. The van der Waals surface area contributed by atoms with Gasteiger partial charge in [0.2, 0.25) is 5.91 Å². The zero-order valence-electron chi connectivity index (χ0n) is 20.4. The minimum Gasteiger partial charge on any atom is -0.349 e. The molecule has 2 amide bonds. The van der Waals surface area contributed by atoms with Gasteiger partial charge in [0.25, 0.3) is 5.91 Å². The molecule has 0 heterocycles. The standard InChI is InChI=1S/C32H30N2O2/c1-25(29-17-9-4-10-18-29)33-31(35)23-28-16-11-19-30(22-28)34(24-27-14-7-3-8-15-27)32(36)21-20-26-12-5-2-6-13-26/h2-22,25H,23-24H2,1H3,(H,33,35)/b21-20+. The van der Waals surface area contributed by atoms with Crippen molar-refractivity contribution in [3.05, 3.63) is 144 Å². The normalized spacial score (nSPS) is 11.7. The highest BCUT2D eigenvalue weighted by Crippen LogP contribution is 2.21. The van der Waals surface area contributed by atoms with Crippen molar-refractivity contribution in [1.82, 2.24) is 5.32 Å². The smallest absolute Gasteiger partial charge is 0.251 e. The van der Waals surface area contributed by atoms with Crippen molar-refractivity contribution in [3.63, 3.8) is 0 Å². The molecule has 36 heavy (non-hydrogen) atoms. The number of anilines is 1. The quantitative estimate of drug-likeness (QED) is 0.287. The van der Waals surface area contributed by atoms with Crippen LogP contribution in [0.4, 0.5) is 5.69 Å². The van der Waals surface area contributed by atoms with E-state index in [0.717, 1.165) is 27.9 Å². The molecule has 0 aliphatic rings. The predicted octanol–water partition coefficient (Wildman–Crippen LogP) is 6.35.